The van der Waals surface area contributed by atoms with Gasteiger partial charge in [0.05, 0.1) is 25.4 Å². The molecule has 136 valence electrons. The van der Waals surface area contributed by atoms with Gasteiger partial charge in [0.15, 0.2) is 0 Å². The molecule has 2 unspecified atom stereocenters. The highest BCUT2D eigenvalue weighted by Gasteiger charge is 2.25. The Morgan fingerprint density at radius 3 is 1.27 bits per heavy atom. The lowest BCUT2D eigenvalue weighted by atomic mass is 9.94. The van der Waals surface area contributed by atoms with Gasteiger partial charge in [0.2, 0.25) is 0 Å². The van der Waals surface area contributed by atoms with Crippen molar-refractivity contribution < 1.29 is 9.47 Å². The van der Waals surface area contributed by atoms with Gasteiger partial charge in [-0.05, 0) is 72.2 Å². The SMILES string of the molecule is Cc1cc(C=Cc2cc(C)c(CC3CO3)c(C)c2)cc(C)c1CC1CO1. The first-order valence-electron chi connectivity index (χ1n) is 9.61. The van der Waals surface area contributed by atoms with E-state index in [4.69, 9.17) is 9.47 Å². The zero-order chi connectivity index (χ0) is 18.3. The maximum absolute atomic E-state index is 5.40. The molecule has 0 aliphatic carbocycles. The second kappa shape index (κ2) is 7.02. The molecule has 2 nitrogen and oxygen atoms in total. The van der Waals surface area contributed by atoms with Crippen molar-refractivity contribution in [1.29, 1.82) is 0 Å². The Hall–Kier alpha value is -1.90. The lowest BCUT2D eigenvalue weighted by molar-refractivity contribution is 0.407. The molecule has 2 aliphatic heterocycles. The third-order valence-corrected chi connectivity index (χ3v) is 5.57. The smallest absolute Gasteiger partial charge is 0.0850 e. The lowest BCUT2D eigenvalue weighted by Gasteiger charge is -2.11. The lowest BCUT2D eigenvalue weighted by Crippen LogP contribution is -2.00. The largest absolute Gasteiger partial charge is 0.373 e. The van der Waals surface area contributed by atoms with Gasteiger partial charge in [0.1, 0.15) is 0 Å². The molecule has 2 heterocycles. The van der Waals surface area contributed by atoms with Gasteiger partial charge in [0, 0.05) is 12.8 Å². The summed E-state index contributed by atoms with van der Waals surface area (Å²) in [6.07, 6.45) is 7.45. The quantitative estimate of drug-likeness (QED) is 0.544. The molecule has 0 aromatic heterocycles. The minimum Gasteiger partial charge on any atom is -0.373 e. The first-order valence-corrected chi connectivity index (χ1v) is 9.61. The van der Waals surface area contributed by atoms with E-state index in [2.05, 4.69) is 64.1 Å². The summed E-state index contributed by atoms with van der Waals surface area (Å²) < 4.78 is 10.8. The Kier molecular flexibility index (Phi) is 4.73. The van der Waals surface area contributed by atoms with E-state index in [9.17, 15) is 0 Å². The highest BCUT2D eigenvalue weighted by molar-refractivity contribution is 5.71. The van der Waals surface area contributed by atoms with Crippen molar-refractivity contribution in [2.24, 2.45) is 0 Å². The van der Waals surface area contributed by atoms with Crippen LogP contribution in [0.5, 0.6) is 0 Å². The fourth-order valence-corrected chi connectivity index (χ4v) is 3.91. The molecule has 0 N–H and O–H groups in total. The summed E-state index contributed by atoms with van der Waals surface area (Å²) >= 11 is 0. The molecule has 2 atom stereocenters. The van der Waals surface area contributed by atoms with E-state index in [0.717, 1.165) is 26.1 Å². The van der Waals surface area contributed by atoms with E-state index in [1.165, 1.54) is 44.5 Å². The highest BCUT2D eigenvalue weighted by Crippen LogP contribution is 2.26. The normalized spacial score (nSPS) is 21.4. The summed E-state index contributed by atoms with van der Waals surface area (Å²) in [5.41, 5.74) is 10.9. The van der Waals surface area contributed by atoms with Crippen LogP contribution in [0.1, 0.15) is 44.5 Å². The molecule has 2 fully saturated rings. The maximum atomic E-state index is 5.40. The number of hydrogen-bond acceptors (Lipinski definition) is 2. The van der Waals surface area contributed by atoms with Gasteiger partial charge >= 0.3 is 0 Å². The van der Waals surface area contributed by atoms with E-state index >= 15 is 0 Å². The summed E-state index contributed by atoms with van der Waals surface area (Å²) in [6.45, 7) is 10.7. The van der Waals surface area contributed by atoms with E-state index in [1.807, 2.05) is 0 Å². The summed E-state index contributed by atoms with van der Waals surface area (Å²) in [5.74, 6) is 0. The van der Waals surface area contributed by atoms with Gasteiger partial charge in [-0.2, -0.15) is 0 Å². The van der Waals surface area contributed by atoms with Crippen LogP contribution in [-0.4, -0.2) is 25.4 Å². The van der Waals surface area contributed by atoms with E-state index < -0.39 is 0 Å². The van der Waals surface area contributed by atoms with E-state index in [0.29, 0.717) is 12.2 Å². The van der Waals surface area contributed by atoms with Crippen molar-refractivity contribution in [2.45, 2.75) is 52.7 Å². The average Bonchev–Trinajstić information content (AvgIpc) is 3.48. The number of benzene rings is 2. The third-order valence-electron chi connectivity index (χ3n) is 5.57. The number of hydrogen-bond donors (Lipinski definition) is 0. The van der Waals surface area contributed by atoms with Crippen molar-refractivity contribution in [2.75, 3.05) is 13.2 Å². The minimum atomic E-state index is 0.444. The Balaban J connectivity index is 1.53. The fraction of sp³-hybridized carbons (Fsp3) is 0.417. The first-order chi connectivity index (χ1) is 12.5. The highest BCUT2D eigenvalue weighted by atomic mass is 16.6. The first kappa shape index (κ1) is 17.5. The topological polar surface area (TPSA) is 25.1 Å². The van der Waals surface area contributed by atoms with Gasteiger partial charge in [-0.1, -0.05) is 36.4 Å². The van der Waals surface area contributed by atoms with Crippen LogP contribution in [0.4, 0.5) is 0 Å². The van der Waals surface area contributed by atoms with Gasteiger partial charge < -0.3 is 9.47 Å². The van der Waals surface area contributed by atoms with Crippen LogP contribution in [0.25, 0.3) is 12.2 Å². The molecule has 0 radical (unpaired) electrons. The van der Waals surface area contributed by atoms with Crippen molar-refractivity contribution in [3.63, 3.8) is 0 Å². The molecule has 26 heavy (non-hydrogen) atoms. The van der Waals surface area contributed by atoms with Gasteiger partial charge in [-0.25, -0.2) is 0 Å². The Morgan fingerprint density at radius 2 is 1.00 bits per heavy atom. The molecule has 2 aromatic carbocycles. The summed E-state index contributed by atoms with van der Waals surface area (Å²) in [5, 5.41) is 0. The maximum Gasteiger partial charge on any atom is 0.0850 e. The number of aryl methyl sites for hydroxylation is 4. The fourth-order valence-electron chi connectivity index (χ4n) is 3.91. The summed E-state index contributed by atoms with van der Waals surface area (Å²) in [4.78, 5) is 0. The van der Waals surface area contributed by atoms with Crippen molar-refractivity contribution in [3.8, 4) is 0 Å². The van der Waals surface area contributed by atoms with Crippen LogP contribution in [0.2, 0.25) is 0 Å². The Bertz CT molecular complexity index is 737. The predicted octanol–water partition coefficient (Wildman–Crippen LogP) is 4.97. The van der Waals surface area contributed by atoms with E-state index in [1.54, 1.807) is 0 Å². The number of epoxide rings is 2. The van der Waals surface area contributed by atoms with Crippen molar-refractivity contribution in [1.82, 2.24) is 0 Å². The number of rotatable bonds is 6. The molecular formula is C24H28O2. The van der Waals surface area contributed by atoms with Crippen LogP contribution in [0, 0.1) is 27.7 Å². The average molecular weight is 348 g/mol. The molecular weight excluding hydrogens is 320 g/mol. The minimum absolute atomic E-state index is 0.444. The molecule has 0 amide bonds. The second-order valence-corrected chi connectivity index (χ2v) is 7.92. The van der Waals surface area contributed by atoms with Crippen LogP contribution >= 0.6 is 0 Å². The zero-order valence-electron chi connectivity index (χ0n) is 16.3. The molecule has 0 spiro atoms. The predicted molar refractivity (Wildman–Crippen MR) is 108 cm³/mol. The van der Waals surface area contributed by atoms with Gasteiger partial charge in [-0.15, -0.1) is 0 Å². The van der Waals surface area contributed by atoms with Crippen LogP contribution in [-0.2, 0) is 22.3 Å². The number of ether oxygens (including phenoxy) is 2. The summed E-state index contributed by atoms with van der Waals surface area (Å²) in [6, 6.07) is 9.17. The van der Waals surface area contributed by atoms with Crippen LogP contribution in [0.15, 0.2) is 24.3 Å². The molecule has 0 bridgehead atoms. The van der Waals surface area contributed by atoms with Crippen LogP contribution < -0.4 is 0 Å². The second-order valence-electron chi connectivity index (χ2n) is 7.92. The molecule has 0 saturated carbocycles. The van der Waals surface area contributed by atoms with Crippen LogP contribution in [0.3, 0.4) is 0 Å². The Morgan fingerprint density at radius 1 is 0.692 bits per heavy atom. The van der Waals surface area contributed by atoms with Crippen molar-refractivity contribution in [3.05, 3.63) is 68.8 Å². The van der Waals surface area contributed by atoms with Crippen molar-refractivity contribution >= 4 is 12.2 Å². The van der Waals surface area contributed by atoms with E-state index in [-0.39, 0.29) is 0 Å². The molecule has 2 aliphatic rings. The zero-order valence-corrected chi connectivity index (χ0v) is 16.3. The molecule has 2 saturated heterocycles. The third kappa shape index (κ3) is 4.08. The molecule has 2 heteroatoms. The molecule has 2 aromatic rings. The monoisotopic (exact) mass is 348 g/mol. The standard InChI is InChI=1S/C24H28O2/c1-15-7-19(8-16(2)23(15)11-21-13-25-21)5-6-20-9-17(3)24(18(4)10-20)12-22-14-26-22/h5-10,21-22H,11-14H2,1-4H3. The summed E-state index contributed by atoms with van der Waals surface area (Å²) in [7, 11) is 0. The van der Waals surface area contributed by atoms with Gasteiger partial charge in [0.25, 0.3) is 0 Å². The Labute approximate surface area is 156 Å². The van der Waals surface area contributed by atoms with Gasteiger partial charge in [-0.3, -0.25) is 0 Å². The molecule has 4 rings (SSSR count).